The molecule has 0 saturated heterocycles. The van der Waals surface area contributed by atoms with Crippen LogP contribution in [-0.2, 0) is 17.9 Å². The van der Waals surface area contributed by atoms with E-state index in [2.05, 4.69) is 58.9 Å². The Hall–Kier alpha value is -2.08. The lowest BCUT2D eigenvalue weighted by atomic mass is 10.1. The molecule has 0 spiro atoms. The minimum absolute atomic E-state index is 0.176. The molecule has 0 fully saturated rings. The van der Waals surface area contributed by atoms with Gasteiger partial charge in [0.15, 0.2) is 5.96 Å². The summed E-state index contributed by atoms with van der Waals surface area (Å²) in [4.78, 5) is 20.7. The summed E-state index contributed by atoms with van der Waals surface area (Å²) in [5.41, 5.74) is 2.46. The summed E-state index contributed by atoms with van der Waals surface area (Å²) in [6, 6.07) is 8.54. The summed E-state index contributed by atoms with van der Waals surface area (Å²) in [7, 11) is 4.13. The Labute approximate surface area is 158 Å². The highest BCUT2D eigenvalue weighted by Crippen LogP contribution is 2.07. The summed E-state index contributed by atoms with van der Waals surface area (Å²) < 4.78 is 0. The number of carbonyl (C=O) groups excluding carboxylic acids is 1. The van der Waals surface area contributed by atoms with Crippen LogP contribution >= 0.6 is 0 Å². The number of rotatable bonds is 10. The van der Waals surface area contributed by atoms with Gasteiger partial charge in [0.25, 0.3) is 0 Å². The number of nitrogens with one attached hydrogen (secondary N) is 2. The minimum atomic E-state index is 0.176. The molecule has 0 atom stereocenters. The van der Waals surface area contributed by atoms with Gasteiger partial charge < -0.3 is 20.4 Å². The van der Waals surface area contributed by atoms with Crippen molar-refractivity contribution in [3.05, 3.63) is 35.4 Å². The van der Waals surface area contributed by atoms with Crippen LogP contribution in [0.5, 0.6) is 0 Å². The number of carbonyl (C=O) groups is 1. The van der Waals surface area contributed by atoms with Crippen LogP contribution in [0, 0.1) is 0 Å². The third kappa shape index (κ3) is 8.34. The van der Waals surface area contributed by atoms with Gasteiger partial charge >= 0.3 is 0 Å². The SMILES string of the molecule is CCNC(=NCc1ccc(CN(C)C)cc1)NCCC(=O)N(CC)CC. The fraction of sp³-hybridized carbons (Fsp3) is 0.600. The van der Waals surface area contributed by atoms with Gasteiger partial charge in [-0.3, -0.25) is 4.79 Å². The van der Waals surface area contributed by atoms with Crippen molar-refractivity contribution in [3.8, 4) is 0 Å². The molecule has 26 heavy (non-hydrogen) atoms. The lowest BCUT2D eigenvalue weighted by Crippen LogP contribution is -2.40. The largest absolute Gasteiger partial charge is 0.357 e. The Balaban J connectivity index is 2.53. The van der Waals surface area contributed by atoms with Crippen LogP contribution in [0.4, 0.5) is 0 Å². The van der Waals surface area contributed by atoms with Gasteiger partial charge in [0.05, 0.1) is 6.54 Å². The Bertz CT molecular complexity index is 550. The molecule has 0 radical (unpaired) electrons. The van der Waals surface area contributed by atoms with Gasteiger partial charge in [-0.25, -0.2) is 4.99 Å². The average Bonchev–Trinajstić information content (AvgIpc) is 2.61. The van der Waals surface area contributed by atoms with Crippen molar-refractivity contribution < 1.29 is 4.79 Å². The summed E-state index contributed by atoms with van der Waals surface area (Å²) >= 11 is 0. The van der Waals surface area contributed by atoms with E-state index in [0.717, 1.165) is 32.1 Å². The van der Waals surface area contributed by atoms with Crippen LogP contribution < -0.4 is 10.6 Å². The zero-order chi connectivity index (χ0) is 19.4. The van der Waals surface area contributed by atoms with Crippen LogP contribution in [-0.4, -0.2) is 61.9 Å². The molecular formula is C20H35N5O. The first-order valence-electron chi connectivity index (χ1n) is 9.52. The summed E-state index contributed by atoms with van der Waals surface area (Å²) in [6.07, 6.45) is 0.478. The number of benzene rings is 1. The Morgan fingerprint density at radius 1 is 1.00 bits per heavy atom. The monoisotopic (exact) mass is 361 g/mol. The van der Waals surface area contributed by atoms with Gasteiger partial charge in [-0.15, -0.1) is 0 Å². The van der Waals surface area contributed by atoms with E-state index >= 15 is 0 Å². The molecule has 1 amide bonds. The number of aliphatic imine (C=N–C) groups is 1. The number of hydrogen-bond acceptors (Lipinski definition) is 3. The third-order valence-corrected chi connectivity index (χ3v) is 4.03. The number of amides is 1. The molecule has 6 heteroatoms. The second kappa shape index (κ2) is 12.3. The second-order valence-electron chi connectivity index (χ2n) is 6.49. The normalized spacial score (nSPS) is 11.5. The molecule has 0 heterocycles. The van der Waals surface area contributed by atoms with Crippen molar-refractivity contribution in [2.24, 2.45) is 4.99 Å². The fourth-order valence-corrected chi connectivity index (χ4v) is 2.65. The first-order valence-corrected chi connectivity index (χ1v) is 9.52. The zero-order valence-corrected chi connectivity index (χ0v) is 17.0. The molecule has 1 rings (SSSR count). The maximum atomic E-state index is 12.1. The molecule has 0 aliphatic carbocycles. The van der Waals surface area contributed by atoms with E-state index in [1.54, 1.807) is 0 Å². The van der Waals surface area contributed by atoms with Crippen molar-refractivity contribution >= 4 is 11.9 Å². The van der Waals surface area contributed by atoms with Crippen LogP contribution in [0.3, 0.4) is 0 Å². The summed E-state index contributed by atoms with van der Waals surface area (Å²) in [6.45, 7) is 10.5. The predicted molar refractivity (Wildman–Crippen MR) is 109 cm³/mol. The van der Waals surface area contributed by atoms with Crippen molar-refractivity contribution in [2.75, 3.05) is 40.3 Å². The summed E-state index contributed by atoms with van der Waals surface area (Å²) in [5, 5.41) is 6.48. The van der Waals surface area contributed by atoms with Crippen molar-refractivity contribution in [1.82, 2.24) is 20.4 Å². The van der Waals surface area contributed by atoms with E-state index in [1.165, 1.54) is 11.1 Å². The average molecular weight is 362 g/mol. The van der Waals surface area contributed by atoms with Crippen LogP contribution in [0.15, 0.2) is 29.3 Å². The molecule has 2 N–H and O–H groups in total. The standard InChI is InChI=1S/C20H35N5O/c1-6-21-20(22-14-13-19(26)25(7-2)8-3)23-15-17-9-11-18(12-10-17)16-24(4)5/h9-12H,6-8,13-16H2,1-5H3,(H2,21,22,23). The van der Waals surface area contributed by atoms with Crippen molar-refractivity contribution in [2.45, 2.75) is 40.3 Å². The number of guanidine groups is 1. The van der Waals surface area contributed by atoms with E-state index in [-0.39, 0.29) is 5.91 Å². The van der Waals surface area contributed by atoms with E-state index < -0.39 is 0 Å². The van der Waals surface area contributed by atoms with Gasteiger partial charge in [0, 0.05) is 39.1 Å². The number of hydrogen-bond donors (Lipinski definition) is 2. The van der Waals surface area contributed by atoms with Crippen molar-refractivity contribution in [1.29, 1.82) is 0 Å². The van der Waals surface area contributed by atoms with Crippen LogP contribution in [0.1, 0.15) is 38.3 Å². The molecule has 0 unspecified atom stereocenters. The lowest BCUT2D eigenvalue weighted by molar-refractivity contribution is -0.130. The zero-order valence-electron chi connectivity index (χ0n) is 17.0. The maximum absolute atomic E-state index is 12.1. The molecule has 1 aromatic carbocycles. The lowest BCUT2D eigenvalue weighted by Gasteiger charge is -2.19. The van der Waals surface area contributed by atoms with Gasteiger partial charge in [0.1, 0.15) is 0 Å². The second-order valence-corrected chi connectivity index (χ2v) is 6.49. The molecule has 1 aromatic rings. The highest BCUT2D eigenvalue weighted by Gasteiger charge is 2.09. The van der Waals surface area contributed by atoms with Crippen molar-refractivity contribution in [3.63, 3.8) is 0 Å². The first kappa shape index (κ1) is 22.0. The molecule has 0 aromatic heterocycles. The van der Waals surface area contributed by atoms with E-state index in [1.807, 2.05) is 25.7 Å². The van der Waals surface area contributed by atoms with Crippen LogP contribution in [0.25, 0.3) is 0 Å². The van der Waals surface area contributed by atoms with E-state index in [0.29, 0.717) is 19.5 Å². The summed E-state index contributed by atoms with van der Waals surface area (Å²) in [5.74, 6) is 0.923. The predicted octanol–water partition coefficient (Wildman–Crippen LogP) is 2.06. The van der Waals surface area contributed by atoms with Gasteiger partial charge in [-0.1, -0.05) is 24.3 Å². The molecule has 0 saturated carbocycles. The molecule has 0 aliphatic heterocycles. The Morgan fingerprint density at radius 2 is 1.62 bits per heavy atom. The molecule has 0 bridgehead atoms. The number of nitrogens with zero attached hydrogens (tertiary/aromatic N) is 3. The Kier molecular flexibility index (Phi) is 10.4. The van der Waals surface area contributed by atoms with Crippen LogP contribution in [0.2, 0.25) is 0 Å². The quantitative estimate of drug-likeness (QED) is 0.495. The third-order valence-electron chi connectivity index (χ3n) is 4.03. The maximum Gasteiger partial charge on any atom is 0.224 e. The van der Waals surface area contributed by atoms with Gasteiger partial charge in [-0.05, 0) is 46.0 Å². The van der Waals surface area contributed by atoms with Gasteiger partial charge in [0.2, 0.25) is 5.91 Å². The molecular weight excluding hydrogens is 326 g/mol. The van der Waals surface area contributed by atoms with E-state index in [4.69, 9.17) is 0 Å². The smallest absolute Gasteiger partial charge is 0.224 e. The minimum Gasteiger partial charge on any atom is -0.357 e. The highest BCUT2D eigenvalue weighted by molar-refractivity contribution is 5.81. The molecule has 0 aliphatic rings. The van der Waals surface area contributed by atoms with Gasteiger partial charge in [-0.2, -0.15) is 0 Å². The first-order chi connectivity index (χ1) is 12.5. The van der Waals surface area contributed by atoms with E-state index in [9.17, 15) is 4.79 Å². The fourth-order valence-electron chi connectivity index (χ4n) is 2.65. The Morgan fingerprint density at radius 3 is 2.15 bits per heavy atom. The molecule has 146 valence electrons. The molecule has 6 nitrogen and oxygen atoms in total. The topological polar surface area (TPSA) is 60.0 Å². The highest BCUT2D eigenvalue weighted by atomic mass is 16.2.